The minimum absolute atomic E-state index is 0.00988. The summed E-state index contributed by atoms with van der Waals surface area (Å²) < 4.78 is 18.1. The van der Waals surface area contributed by atoms with Crippen molar-refractivity contribution in [2.75, 3.05) is 12.1 Å². The third-order valence-electron chi connectivity index (χ3n) is 4.79. The van der Waals surface area contributed by atoms with Gasteiger partial charge in [0.15, 0.2) is 11.5 Å². The van der Waals surface area contributed by atoms with E-state index in [1.807, 2.05) is 49.4 Å². The number of anilines is 1. The molecule has 0 aromatic heterocycles. The van der Waals surface area contributed by atoms with Gasteiger partial charge in [-0.25, -0.2) is 0 Å². The maximum atomic E-state index is 12.6. The van der Waals surface area contributed by atoms with Crippen LogP contribution in [0.3, 0.4) is 0 Å². The number of fused-ring (bicyclic) bond motifs is 1. The van der Waals surface area contributed by atoms with Crippen LogP contribution in [-0.4, -0.2) is 12.7 Å². The van der Waals surface area contributed by atoms with Gasteiger partial charge < -0.3 is 19.5 Å². The van der Waals surface area contributed by atoms with Crippen LogP contribution in [0.5, 0.6) is 17.2 Å². The third kappa shape index (κ3) is 5.56. The number of aryl methyl sites for hydroxylation is 1. The van der Waals surface area contributed by atoms with Gasteiger partial charge >= 0.3 is 0 Å². The summed E-state index contributed by atoms with van der Waals surface area (Å²) in [7, 11) is 0. The molecular weight excluding hydrogens is 552 g/mol. The van der Waals surface area contributed by atoms with Crippen molar-refractivity contribution in [3.63, 3.8) is 0 Å². The van der Waals surface area contributed by atoms with E-state index < -0.39 is 5.91 Å². The Morgan fingerprint density at radius 1 is 1.12 bits per heavy atom. The summed E-state index contributed by atoms with van der Waals surface area (Å²) in [6, 6.07) is 18.6. The highest BCUT2D eigenvalue weighted by Crippen LogP contribution is 2.37. The van der Waals surface area contributed by atoms with Gasteiger partial charge in [-0.2, -0.15) is 5.26 Å². The second-order valence-electron chi connectivity index (χ2n) is 7.28. The molecule has 0 saturated heterocycles. The SMILES string of the molecule is Cc1cccc(NC(=O)/C(C#N)=C\c2cc(Br)c(OCc3ccc4c(c3)OCO4)c(Br)c2)c1. The molecule has 1 heterocycles. The summed E-state index contributed by atoms with van der Waals surface area (Å²) >= 11 is 7.04. The highest BCUT2D eigenvalue weighted by molar-refractivity contribution is 9.11. The van der Waals surface area contributed by atoms with E-state index in [9.17, 15) is 10.1 Å². The van der Waals surface area contributed by atoms with Crippen molar-refractivity contribution in [3.05, 3.63) is 85.8 Å². The number of hydrogen-bond donors (Lipinski definition) is 1. The maximum absolute atomic E-state index is 12.6. The zero-order chi connectivity index (χ0) is 23.4. The normalized spacial score (nSPS) is 12.2. The van der Waals surface area contributed by atoms with Gasteiger partial charge in [0.25, 0.3) is 5.91 Å². The molecule has 0 spiro atoms. The first kappa shape index (κ1) is 22.9. The number of nitriles is 1. The Morgan fingerprint density at radius 3 is 2.61 bits per heavy atom. The molecule has 166 valence electrons. The number of halogens is 2. The van der Waals surface area contributed by atoms with Crippen molar-refractivity contribution in [1.82, 2.24) is 0 Å². The maximum Gasteiger partial charge on any atom is 0.266 e. The van der Waals surface area contributed by atoms with Crippen LogP contribution in [0, 0.1) is 18.3 Å². The van der Waals surface area contributed by atoms with Gasteiger partial charge in [-0.05, 0) is 97.9 Å². The summed E-state index contributed by atoms with van der Waals surface area (Å²) in [5.74, 6) is 1.55. The molecule has 6 nitrogen and oxygen atoms in total. The standard InChI is InChI=1S/C25H18Br2N2O4/c1-15-3-2-4-19(7-15)29-25(30)18(12-28)8-17-9-20(26)24(21(27)10-17)31-13-16-5-6-22-23(11-16)33-14-32-22/h2-11H,13-14H2,1H3,(H,29,30)/b18-8-. The molecule has 4 rings (SSSR count). The molecule has 1 amide bonds. The first-order chi connectivity index (χ1) is 15.9. The number of carbonyl (C=O) groups excluding carboxylic acids is 1. The van der Waals surface area contributed by atoms with Crippen LogP contribution < -0.4 is 19.5 Å². The second kappa shape index (κ2) is 10.1. The van der Waals surface area contributed by atoms with E-state index in [1.165, 1.54) is 6.08 Å². The number of nitrogens with zero attached hydrogens (tertiary/aromatic N) is 1. The highest BCUT2D eigenvalue weighted by Gasteiger charge is 2.15. The van der Waals surface area contributed by atoms with Crippen LogP contribution in [0.2, 0.25) is 0 Å². The van der Waals surface area contributed by atoms with E-state index in [-0.39, 0.29) is 12.4 Å². The molecular formula is C25H18Br2N2O4. The average molecular weight is 570 g/mol. The number of rotatable bonds is 6. The minimum Gasteiger partial charge on any atom is -0.487 e. The predicted octanol–water partition coefficient (Wildman–Crippen LogP) is 6.37. The number of ether oxygens (including phenoxy) is 3. The van der Waals surface area contributed by atoms with E-state index in [0.29, 0.717) is 38.3 Å². The van der Waals surface area contributed by atoms with Gasteiger partial charge in [0.05, 0.1) is 8.95 Å². The fraction of sp³-hybridized carbons (Fsp3) is 0.120. The van der Waals surface area contributed by atoms with Crippen molar-refractivity contribution >= 4 is 49.5 Å². The van der Waals surface area contributed by atoms with Crippen LogP contribution in [0.1, 0.15) is 16.7 Å². The molecule has 3 aromatic carbocycles. The zero-order valence-corrected chi connectivity index (χ0v) is 20.7. The lowest BCUT2D eigenvalue weighted by Crippen LogP contribution is -2.13. The second-order valence-corrected chi connectivity index (χ2v) is 8.99. The lowest BCUT2D eigenvalue weighted by molar-refractivity contribution is -0.112. The Balaban J connectivity index is 1.49. The van der Waals surface area contributed by atoms with Gasteiger partial charge in [-0.15, -0.1) is 0 Å². The van der Waals surface area contributed by atoms with Crippen LogP contribution in [-0.2, 0) is 11.4 Å². The summed E-state index contributed by atoms with van der Waals surface area (Å²) in [4.78, 5) is 12.6. The van der Waals surface area contributed by atoms with Crippen LogP contribution in [0.4, 0.5) is 5.69 Å². The molecule has 0 unspecified atom stereocenters. The highest BCUT2D eigenvalue weighted by atomic mass is 79.9. The van der Waals surface area contributed by atoms with Gasteiger partial charge in [-0.1, -0.05) is 18.2 Å². The number of nitrogens with one attached hydrogen (secondary N) is 1. The van der Waals surface area contributed by atoms with E-state index >= 15 is 0 Å². The molecule has 0 atom stereocenters. The van der Waals surface area contributed by atoms with Crippen LogP contribution >= 0.6 is 31.9 Å². The molecule has 0 aliphatic carbocycles. The van der Waals surface area contributed by atoms with E-state index in [2.05, 4.69) is 37.2 Å². The van der Waals surface area contributed by atoms with Gasteiger partial charge in [0, 0.05) is 5.69 Å². The Morgan fingerprint density at radius 2 is 1.88 bits per heavy atom. The number of carbonyl (C=O) groups is 1. The Kier molecular flexibility index (Phi) is 7.02. The Labute approximate surface area is 208 Å². The fourth-order valence-corrected chi connectivity index (χ4v) is 4.67. The first-order valence-corrected chi connectivity index (χ1v) is 11.5. The molecule has 1 aliphatic heterocycles. The smallest absolute Gasteiger partial charge is 0.266 e. The quantitative estimate of drug-likeness (QED) is 0.275. The minimum atomic E-state index is -0.474. The van der Waals surface area contributed by atoms with E-state index in [1.54, 1.807) is 18.2 Å². The van der Waals surface area contributed by atoms with Crippen molar-refractivity contribution in [1.29, 1.82) is 5.26 Å². The van der Waals surface area contributed by atoms with Crippen molar-refractivity contribution in [2.45, 2.75) is 13.5 Å². The molecule has 1 aliphatic rings. The molecule has 33 heavy (non-hydrogen) atoms. The Bertz CT molecular complexity index is 1270. The third-order valence-corrected chi connectivity index (χ3v) is 5.97. The van der Waals surface area contributed by atoms with E-state index in [0.717, 1.165) is 16.9 Å². The Hall–Kier alpha value is -3.28. The molecule has 1 N–H and O–H groups in total. The molecule has 0 radical (unpaired) electrons. The molecule has 0 bridgehead atoms. The van der Waals surface area contributed by atoms with Crippen LogP contribution in [0.15, 0.2) is 69.1 Å². The van der Waals surface area contributed by atoms with Crippen molar-refractivity contribution in [3.8, 4) is 23.3 Å². The predicted molar refractivity (Wildman–Crippen MR) is 132 cm³/mol. The van der Waals surface area contributed by atoms with Crippen molar-refractivity contribution in [2.24, 2.45) is 0 Å². The average Bonchev–Trinajstić information content (AvgIpc) is 3.25. The van der Waals surface area contributed by atoms with Gasteiger partial charge in [0.1, 0.15) is 24.0 Å². The van der Waals surface area contributed by atoms with E-state index in [4.69, 9.17) is 14.2 Å². The summed E-state index contributed by atoms with van der Waals surface area (Å²) in [5.41, 5.74) is 3.24. The largest absolute Gasteiger partial charge is 0.487 e. The summed E-state index contributed by atoms with van der Waals surface area (Å²) in [5, 5.41) is 12.3. The topological polar surface area (TPSA) is 80.6 Å². The number of hydrogen-bond acceptors (Lipinski definition) is 5. The summed E-state index contributed by atoms with van der Waals surface area (Å²) in [6.07, 6.45) is 1.53. The molecule has 0 fully saturated rings. The van der Waals surface area contributed by atoms with Gasteiger partial charge in [-0.3, -0.25) is 4.79 Å². The molecule has 3 aromatic rings. The van der Waals surface area contributed by atoms with Crippen LogP contribution in [0.25, 0.3) is 6.08 Å². The summed E-state index contributed by atoms with van der Waals surface area (Å²) in [6.45, 7) is 2.48. The molecule has 0 saturated carbocycles. The van der Waals surface area contributed by atoms with Crippen molar-refractivity contribution < 1.29 is 19.0 Å². The number of amides is 1. The molecule has 8 heteroatoms. The zero-order valence-electron chi connectivity index (χ0n) is 17.5. The lowest BCUT2D eigenvalue weighted by Gasteiger charge is -2.12. The van der Waals surface area contributed by atoms with Gasteiger partial charge in [0.2, 0.25) is 6.79 Å². The fourth-order valence-electron chi connectivity index (χ4n) is 3.22. The lowest BCUT2D eigenvalue weighted by atomic mass is 10.1. The first-order valence-electron chi connectivity index (χ1n) is 9.93. The number of benzene rings is 3. The monoisotopic (exact) mass is 568 g/mol.